The molecule has 62 heavy (non-hydrogen) atoms. The van der Waals surface area contributed by atoms with Gasteiger partial charge in [-0.05, 0) is 72.6 Å². The molecule has 5 amide bonds. The summed E-state index contributed by atoms with van der Waals surface area (Å²) in [4.78, 5) is 74.1. The van der Waals surface area contributed by atoms with Crippen LogP contribution in [0.3, 0.4) is 0 Å². The molecule has 6 rings (SSSR count). The predicted octanol–water partition coefficient (Wildman–Crippen LogP) is 4.20. The maximum Gasteiger partial charge on any atom is 0.246 e. The Labute approximate surface area is 376 Å². The number of likely N-dealkylation sites (tertiary alicyclic amines) is 1. The van der Waals surface area contributed by atoms with Crippen LogP contribution in [-0.2, 0) is 36.8 Å². The van der Waals surface area contributed by atoms with Crippen LogP contribution < -0.4 is 36.2 Å². The molecule has 2 aliphatic heterocycles. The third-order valence-corrected chi connectivity index (χ3v) is 11.8. The van der Waals surface area contributed by atoms with E-state index >= 15 is 0 Å². The number of nitrogens with one attached hydrogen (secondary N) is 5. The van der Waals surface area contributed by atoms with Crippen LogP contribution in [0.5, 0.6) is 5.75 Å². The molecule has 5 N–H and O–H groups in total. The molecule has 326 valence electrons. The van der Waals surface area contributed by atoms with Crippen molar-refractivity contribution < 1.29 is 28.7 Å². The molecule has 4 aromatic carbocycles. The maximum absolute atomic E-state index is 14.3. The summed E-state index contributed by atoms with van der Waals surface area (Å²) in [6.45, 7) is 1.67. The smallest absolute Gasteiger partial charge is 0.246 e. The van der Waals surface area contributed by atoms with Gasteiger partial charge in [0.1, 0.15) is 23.9 Å². The van der Waals surface area contributed by atoms with Gasteiger partial charge in [-0.3, -0.25) is 24.0 Å². The maximum atomic E-state index is 14.3. The summed E-state index contributed by atoms with van der Waals surface area (Å²) >= 11 is 18.1. The molecule has 0 unspecified atom stereocenters. The van der Waals surface area contributed by atoms with Crippen LogP contribution in [0.2, 0.25) is 10.0 Å². The van der Waals surface area contributed by atoms with Gasteiger partial charge in [0.05, 0.1) is 35.9 Å². The van der Waals surface area contributed by atoms with Crippen LogP contribution in [0.1, 0.15) is 24.0 Å². The van der Waals surface area contributed by atoms with Gasteiger partial charge >= 0.3 is 0 Å². The Kier molecular flexibility index (Phi) is 16.4. The molecular formula is C45H50Cl2N8O6S. The van der Waals surface area contributed by atoms with Gasteiger partial charge in [-0.25, -0.2) is 0 Å². The predicted molar refractivity (Wildman–Crippen MR) is 244 cm³/mol. The van der Waals surface area contributed by atoms with Crippen molar-refractivity contribution in [2.75, 3.05) is 63.1 Å². The molecule has 17 heteroatoms. The molecule has 0 bridgehead atoms. The number of rotatable bonds is 16. The molecule has 0 saturated carbocycles. The first-order valence-corrected chi connectivity index (χ1v) is 21.6. The molecule has 14 nitrogen and oxygen atoms in total. The van der Waals surface area contributed by atoms with Gasteiger partial charge in [-0.15, -0.1) is 0 Å². The topological polar surface area (TPSA) is 164 Å². The van der Waals surface area contributed by atoms with Gasteiger partial charge in [0.2, 0.25) is 29.5 Å². The van der Waals surface area contributed by atoms with Crippen molar-refractivity contribution in [2.24, 2.45) is 0 Å². The van der Waals surface area contributed by atoms with Gasteiger partial charge in [-0.1, -0.05) is 89.9 Å². The fourth-order valence-electron chi connectivity index (χ4n) is 7.50. The second-order valence-electron chi connectivity index (χ2n) is 14.9. The summed E-state index contributed by atoms with van der Waals surface area (Å²) in [7, 11) is 1.57. The molecule has 2 heterocycles. The van der Waals surface area contributed by atoms with Gasteiger partial charge in [0.25, 0.3) is 0 Å². The van der Waals surface area contributed by atoms with Gasteiger partial charge in [0.15, 0.2) is 5.11 Å². The molecule has 4 aromatic rings. The number of ether oxygens (including phenoxy) is 1. The highest BCUT2D eigenvalue weighted by Crippen LogP contribution is 2.33. The van der Waals surface area contributed by atoms with Crippen LogP contribution in [0.25, 0.3) is 0 Å². The van der Waals surface area contributed by atoms with Crippen molar-refractivity contribution in [1.82, 2.24) is 31.1 Å². The van der Waals surface area contributed by atoms with E-state index in [4.69, 9.17) is 40.2 Å². The van der Waals surface area contributed by atoms with E-state index in [0.29, 0.717) is 67.0 Å². The number of piperazine rings is 1. The lowest BCUT2D eigenvalue weighted by molar-refractivity contribution is -0.145. The van der Waals surface area contributed by atoms with Crippen LogP contribution >= 0.6 is 35.4 Å². The molecule has 0 spiro atoms. The largest absolute Gasteiger partial charge is 0.497 e. The molecule has 0 aromatic heterocycles. The zero-order chi connectivity index (χ0) is 44.0. The minimum Gasteiger partial charge on any atom is -0.497 e. The monoisotopic (exact) mass is 900 g/mol. The number of nitrogens with zero attached hydrogens (tertiary/aromatic N) is 3. The molecule has 2 saturated heterocycles. The van der Waals surface area contributed by atoms with Gasteiger partial charge < -0.3 is 46.0 Å². The minimum atomic E-state index is -1.04. The van der Waals surface area contributed by atoms with Crippen LogP contribution in [0.15, 0.2) is 103 Å². The highest BCUT2D eigenvalue weighted by molar-refractivity contribution is 7.80. The number of hydrogen-bond donors (Lipinski definition) is 5. The Morgan fingerprint density at radius 1 is 0.726 bits per heavy atom. The third-order valence-electron chi connectivity index (χ3n) is 10.7. The average Bonchev–Trinajstić information content (AvgIpc) is 3.79. The van der Waals surface area contributed by atoms with E-state index in [9.17, 15) is 24.0 Å². The summed E-state index contributed by atoms with van der Waals surface area (Å²) < 4.78 is 5.18. The number of thiocarbonyl (C=S) groups is 1. The lowest BCUT2D eigenvalue weighted by atomic mass is 10.0. The standard InChI is InChI=1S/C45H50Cl2N8O6S/c1-61-33-19-17-32(18-20-33)50-45(62)49-29-40(57)51-35(26-30-10-4-2-5-11-30)42(58)48-28-39(56)52-36(27-31-12-6-3-7-13-31)43(59)55-21-9-16-38(55)44(60)54-24-22-53(23-25-54)37-15-8-14-34(46)41(37)47/h2-8,10-15,17-20,35-36,38H,9,16,21-29H2,1H3,(H,48,58)(H,51,57)(H,52,56)(H2,49,50,62)/t35-,36-,38-/m0/s1. The van der Waals surface area contributed by atoms with E-state index in [-0.39, 0.29) is 36.3 Å². The zero-order valence-electron chi connectivity index (χ0n) is 34.3. The molecule has 2 fully saturated rings. The summed E-state index contributed by atoms with van der Waals surface area (Å²) in [6, 6.07) is 28.3. The van der Waals surface area contributed by atoms with Crippen molar-refractivity contribution in [2.45, 2.75) is 43.8 Å². The fraction of sp³-hybridized carbons (Fsp3) is 0.333. The summed E-state index contributed by atoms with van der Waals surface area (Å²) in [5.41, 5.74) is 3.10. The number of carbonyl (C=O) groups excluding carboxylic acids is 5. The van der Waals surface area contributed by atoms with E-state index in [1.807, 2.05) is 72.8 Å². The first kappa shape index (κ1) is 45.6. The van der Waals surface area contributed by atoms with Gasteiger partial charge in [0, 0.05) is 51.3 Å². The zero-order valence-corrected chi connectivity index (χ0v) is 36.6. The van der Waals surface area contributed by atoms with E-state index in [2.05, 4.69) is 31.5 Å². The molecule has 0 radical (unpaired) electrons. The number of benzene rings is 4. The van der Waals surface area contributed by atoms with E-state index < -0.39 is 42.4 Å². The van der Waals surface area contributed by atoms with Crippen LogP contribution in [0.4, 0.5) is 11.4 Å². The van der Waals surface area contributed by atoms with Crippen molar-refractivity contribution in [1.29, 1.82) is 0 Å². The third kappa shape index (κ3) is 12.6. The fourth-order valence-corrected chi connectivity index (χ4v) is 8.11. The Morgan fingerprint density at radius 2 is 1.32 bits per heavy atom. The molecule has 2 aliphatic rings. The minimum absolute atomic E-state index is 0.137. The van der Waals surface area contributed by atoms with E-state index in [1.165, 1.54) is 0 Å². The molecular weight excluding hydrogens is 852 g/mol. The Bertz CT molecular complexity index is 2200. The SMILES string of the molecule is COc1ccc(NC(=S)NCC(=O)N[C@@H](Cc2ccccc2)C(=O)NCC(=O)N[C@@H](Cc2ccccc2)C(=O)N2CCC[C@H]2C(=O)N2CCN(c3cccc(Cl)c3Cl)CC2)cc1. The number of carbonyl (C=O) groups is 5. The quantitative estimate of drug-likeness (QED) is 0.103. The lowest BCUT2D eigenvalue weighted by Crippen LogP contribution is -2.58. The average molecular weight is 902 g/mol. The van der Waals surface area contributed by atoms with Gasteiger partial charge in [-0.2, -0.15) is 0 Å². The van der Waals surface area contributed by atoms with Crippen molar-refractivity contribution in [3.8, 4) is 5.75 Å². The number of methoxy groups -OCH3 is 1. The first-order chi connectivity index (χ1) is 30.0. The van der Waals surface area contributed by atoms with Crippen LogP contribution in [-0.4, -0.2) is 115 Å². The number of amides is 5. The summed E-state index contributed by atoms with van der Waals surface area (Å²) in [5.74, 6) is -1.53. The molecule has 3 atom stereocenters. The Balaban J connectivity index is 1.06. The number of hydrogen-bond acceptors (Lipinski definition) is 8. The second-order valence-corrected chi connectivity index (χ2v) is 16.1. The second kappa shape index (κ2) is 22.3. The molecule has 0 aliphatic carbocycles. The normalized spacial score (nSPS) is 15.8. The highest BCUT2D eigenvalue weighted by Gasteiger charge is 2.40. The number of anilines is 2. The van der Waals surface area contributed by atoms with Crippen molar-refractivity contribution in [3.05, 3.63) is 124 Å². The summed E-state index contributed by atoms with van der Waals surface area (Å²) in [5, 5.41) is 15.2. The Morgan fingerprint density at radius 3 is 1.95 bits per heavy atom. The van der Waals surface area contributed by atoms with Crippen molar-refractivity contribution in [3.63, 3.8) is 0 Å². The lowest BCUT2D eigenvalue weighted by Gasteiger charge is -2.39. The van der Waals surface area contributed by atoms with E-state index in [1.54, 1.807) is 47.2 Å². The van der Waals surface area contributed by atoms with Crippen LogP contribution in [0, 0.1) is 0 Å². The Hall–Kier alpha value is -5.90. The van der Waals surface area contributed by atoms with Crippen molar-refractivity contribution >= 4 is 81.4 Å². The summed E-state index contributed by atoms with van der Waals surface area (Å²) in [6.07, 6.45) is 1.46. The van der Waals surface area contributed by atoms with E-state index in [0.717, 1.165) is 16.8 Å². The first-order valence-electron chi connectivity index (χ1n) is 20.4. The number of halogens is 2. The highest BCUT2D eigenvalue weighted by atomic mass is 35.5.